The maximum atomic E-state index is 13.2. The molecular weight excluding hydrogens is 303 g/mol. The van der Waals surface area contributed by atoms with Crippen LogP contribution in [-0.2, 0) is 4.79 Å². The molecule has 0 aliphatic heterocycles. The standard InChI is InChI=1S/C13H14BrFO3/c14-9-5-10(15)7-12(6-9)18-11-3-1-8(2-4-11)13(16)17/h5-8,11H,1-4H2,(H,16,17)/t8-,11+. The van der Waals surface area contributed by atoms with Crippen LogP contribution in [0.5, 0.6) is 5.75 Å². The molecular formula is C13H14BrFO3. The van der Waals surface area contributed by atoms with E-state index in [1.54, 1.807) is 6.07 Å². The van der Waals surface area contributed by atoms with E-state index in [0.29, 0.717) is 35.9 Å². The first kappa shape index (κ1) is 13.3. The Morgan fingerprint density at radius 2 is 1.94 bits per heavy atom. The minimum Gasteiger partial charge on any atom is -0.490 e. The highest BCUT2D eigenvalue weighted by atomic mass is 79.9. The van der Waals surface area contributed by atoms with Crippen molar-refractivity contribution >= 4 is 21.9 Å². The van der Waals surface area contributed by atoms with Crippen LogP contribution in [0.25, 0.3) is 0 Å². The van der Waals surface area contributed by atoms with E-state index >= 15 is 0 Å². The summed E-state index contributed by atoms with van der Waals surface area (Å²) in [5.41, 5.74) is 0. The zero-order valence-electron chi connectivity index (χ0n) is 9.73. The molecule has 0 bridgehead atoms. The fraction of sp³-hybridized carbons (Fsp3) is 0.462. The summed E-state index contributed by atoms with van der Waals surface area (Å²) < 4.78 is 19.5. The first-order chi connectivity index (χ1) is 8.54. The Kier molecular flexibility index (Phi) is 4.22. The van der Waals surface area contributed by atoms with Gasteiger partial charge in [0.15, 0.2) is 0 Å². The van der Waals surface area contributed by atoms with E-state index in [1.807, 2.05) is 0 Å². The van der Waals surface area contributed by atoms with Crippen LogP contribution in [0.2, 0.25) is 0 Å². The highest BCUT2D eigenvalue weighted by Gasteiger charge is 2.26. The molecule has 1 aromatic carbocycles. The Labute approximate surface area is 113 Å². The molecule has 1 N–H and O–H groups in total. The van der Waals surface area contributed by atoms with Gasteiger partial charge < -0.3 is 9.84 Å². The first-order valence-electron chi connectivity index (χ1n) is 5.90. The number of ether oxygens (including phenoxy) is 1. The fourth-order valence-electron chi connectivity index (χ4n) is 2.22. The van der Waals surface area contributed by atoms with E-state index < -0.39 is 5.97 Å². The number of carboxylic acids is 1. The quantitative estimate of drug-likeness (QED) is 0.926. The fourth-order valence-corrected chi connectivity index (χ4v) is 2.66. The third kappa shape index (κ3) is 3.45. The molecule has 98 valence electrons. The number of hydrogen-bond donors (Lipinski definition) is 1. The SMILES string of the molecule is O=C(O)[C@H]1CC[C@@H](Oc2cc(F)cc(Br)c2)CC1. The molecule has 0 saturated heterocycles. The van der Waals surface area contributed by atoms with Gasteiger partial charge >= 0.3 is 5.97 Å². The van der Waals surface area contributed by atoms with E-state index in [2.05, 4.69) is 15.9 Å². The lowest BCUT2D eigenvalue weighted by molar-refractivity contribution is -0.143. The molecule has 3 nitrogen and oxygen atoms in total. The van der Waals surface area contributed by atoms with Gasteiger partial charge in [0, 0.05) is 10.5 Å². The first-order valence-corrected chi connectivity index (χ1v) is 6.69. The third-order valence-corrected chi connectivity index (χ3v) is 3.62. The van der Waals surface area contributed by atoms with Crippen LogP contribution in [0.1, 0.15) is 25.7 Å². The number of hydrogen-bond acceptors (Lipinski definition) is 2. The predicted molar refractivity (Wildman–Crippen MR) is 68.1 cm³/mol. The van der Waals surface area contributed by atoms with Gasteiger partial charge in [0.2, 0.25) is 0 Å². The zero-order valence-corrected chi connectivity index (χ0v) is 11.3. The van der Waals surface area contributed by atoms with Gasteiger partial charge in [0.05, 0.1) is 12.0 Å². The van der Waals surface area contributed by atoms with Crippen LogP contribution < -0.4 is 4.74 Å². The lowest BCUT2D eigenvalue weighted by atomic mass is 9.87. The van der Waals surface area contributed by atoms with Crippen molar-refractivity contribution in [3.63, 3.8) is 0 Å². The second-order valence-corrected chi connectivity index (χ2v) is 5.45. The minimum absolute atomic E-state index is 0.0192. The van der Waals surface area contributed by atoms with Gasteiger partial charge in [-0.15, -0.1) is 0 Å². The summed E-state index contributed by atoms with van der Waals surface area (Å²) in [5, 5.41) is 8.89. The molecule has 0 heterocycles. The number of rotatable bonds is 3. The van der Waals surface area contributed by atoms with Crippen molar-refractivity contribution in [3.05, 3.63) is 28.5 Å². The Bertz CT molecular complexity index is 422. The van der Waals surface area contributed by atoms with Crippen LogP contribution >= 0.6 is 15.9 Å². The van der Waals surface area contributed by atoms with Crippen molar-refractivity contribution in [3.8, 4) is 5.75 Å². The second-order valence-electron chi connectivity index (χ2n) is 4.53. The second kappa shape index (κ2) is 5.69. The topological polar surface area (TPSA) is 46.5 Å². The molecule has 0 spiro atoms. The van der Waals surface area contributed by atoms with E-state index in [1.165, 1.54) is 12.1 Å². The van der Waals surface area contributed by atoms with E-state index in [4.69, 9.17) is 9.84 Å². The van der Waals surface area contributed by atoms with Crippen molar-refractivity contribution in [2.45, 2.75) is 31.8 Å². The van der Waals surface area contributed by atoms with Crippen LogP contribution in [-0.4, -0.2) is 17.2 Å². The van der Waals surface area contributed by atoms with Crippen LogP contribution in [0.4, 0.5) is 4.39 Å². The zero-order chi connectivity index (χ0) is 13.1. The molecule has 1 aliphatic rings. The molecule has 0 radical (unpaired) electrons. The average molecular weight is 317 g/mol. The minimum atomic E-state index is -0.734. The highest BCUT2D eigenvalue weighted by molar-refractivity contribution is 9.10. The van der Waals surface area contributed by atoms with Gasteiger partial charge in [-0.1, -0.05) is 15.9 Å². The lowest BCUT2D eigenvalue weighted by Crippen LogP contribution is -2.27. The monoisotopic (exact) mass is 316 g/mol. The van der Waals surface area contributed by atoms with Crippen molar-refractivity contribution in [2.24, 2.45) is 5.92 Å². The molecule has 1 aromatic rings. The molecule has 0 unspecified atom stereocenters. The summed E-state index contributed by atoms with van der Waals surface area (Å²) in [6.45, 7) is 0. The number of carbonyl (C=O) groups is 1. The Balaban J connectivity index is 1.93. The van der Waals surface area contributed by atoms with Gasteiger partial charge in [-0.05, 0) is 37.8 Å². The molecule has 18 heavy (non-hydrogen) atoms. The molecule has 5 heteroatoms. The molecule has 0 atom stereocenters. The van der Waals surface area contributed by atoms with Crippen LogP contribution in [0.3, 0.4) is 0 Å². The van der Waals surface area contributed by atoms with E-state index in [0.717, 1.165) is 0 Å². The van der Waals surface area contributed by atoms with Gasteiger partial charge in [0.25, 0.3) is 0 Å². The van der Waals surface area contributed by atoms with Crippen LogP contribution in [0.15, 0.2) is 22.7 Å². The Morgan fingerprint density at radius 3 is 2.50 bits per heavy atom. The Hall–Kier alpha value is -1.10. The van der Waals surface area contributed by atoms with Crippen LogP contribution in [0, 0.1) is 11.7 Å². The average Bonchev–Trinajstić information content (AvgIpc) is 2.28. The van der Waals surface area contributed by atoms with Gasteiger partial charge in [-0.25, -0.2) is 4.39 Å². The van der Waals surface area contributed by atoms with E-state index in [-0.39, 0.29) is 17.8 Å². The van der Waals surface area contributed by atoms with Crippen molar-refractivity contribution in [2.75, 3.05) is 0 Å². The Morgan fingerprint density at radius 1 is 1.28 bits per heavy atom. The summed E-state index contributed by atoms with van der Waals surface area (Å²) in [4.78, 5) is 10.8. The molecule has 0 aromatic heterocycles. The number of aliphatic carboxylic acids is 1. The van der Waals surface area contributed by atoms with Crippen molar-refractivity contribution < 1.29 is 19.0 Å². The maximum absolute atomic E-state index is 13.2. The molecule has 0 amide bonds. The summed E-state index contributed by atoms with van der Waals surface area (Å²) in [6, 6.07) is 4.43. The van der Waals surface area contributed by atoms with Gasteiger partial charge in [-0.3, -0.25) is 4.79 Å². The molecule has 1 saturated carbocycles. The number of halogens is 2. The maximum Gasteiger partial charge on any atom is 0.306 e. The lowest BCUT2D eigenvalue weighted by Gasteiger charge is -2.26. The molecule has 2 rings (SSSR count). The smallest absolute Gasteiger partial charge is 0.306 e. The summed E-state index contributed by atoms with van der Waals surface area (Å²) in [7, 11) is 0. The molecule has 1 fully saturated rings. The number of benzene rings is 1. The summed E-state index contributed by atoms with van der Waals surface area (Å²) >= 11 is 3.21. The van der Waals surface area contributed by atoms with Crippen molar-refractivity contribution in [1.82, 2.24) is 0 Å². The predicted octanol–water partition coefficient (Wildman–Crippen LogP) is 3.61. The summed E-state index contributed by atoms with van der Waals surface area (Å²) in [5.74, 6) is -0.856. The normalized spacial score (nSPS) is 23.7. The van der Waals surface area contributed by atoms with Crippen molar-refractivity contribution in [1.29, 1.82) is 0 Å². The number of carboxylic acid groups (broad SMARTS) is 1. The molecule has 1 aliphatic carbocycles. The van der Waals surface area contributed by atoms with E-state index in [9.17, 15) is 9.18 Å². The highest BCUT2D eigenvalue weighted by Crippen LogP contribution is 2.29. The third-order valence-electron chi connectivity index (χ3n) is 3.16. The summed E-state index contributed by atoms with van der Waals surface area (Å²) in [6.07, 6.45) is 2.62. The largest absolute Gasteiger partial charge is 0.490 e. The van der Waals surface area contributed by atoms with Gasteiger partial charge in [-0.2, -0.15) is 0 Å². The van der Waals surface area contributed by atoms with Gasteiger partial charge in [0.1, 0.15) is 11.6 Å².